The third kappa shape index (κ3) is 3.16. The van der Waals surface area contributed by atoms with E-state index >= 15 is 0 Å². The number of hydrogen-bond acceptors (Lipinski definition) is 3. The second kappa shape index (κ2) is 4.77. The van der Waals surface area contributed by atoms with Crippen LogP contribution in [0, 0.1) is 0 Å². The molecule has 0 radical (unpaired) electrons. The summed E-state index contributed by atoms with van der Waals surface area (Å²) in [4.78, 5) is 13.8. The van der Waals surface area contributed by atoms with Crippen molar-refractivity contribution in [1.82, 2.24) is 4.98 Å². The van der Waals surface area contributed by atoms with E-state index in [-0.39, 0.29) is 16.9 Å². The molecule has 0 saturated carbocycles. The molecule has 0 aliphatic heterocycles. The van der Waals surface area contributed by atoms with Gasteiger partial charge in [0.05, 0.1) is 12.8 Å². The molecule has 1 rings (SSSR count). The normalized spacial score (nSPS) is 11.3. The molecule has 1 N–H and O–H groups in total. The van der Waals surface area contributed by atoms with Gasteiger partial charge < -0.3 is 14.5 Å². The lowest BCUT2D eigenvalue weighted by molar-refractivity contribution is -0.275. The monoisotopic (exact) mass is 301 g/mol. The number of rotatable bonds is 3. The molecule has 0 aliphatic rings. The lowest BCUT2D eigenvalue weighted by atomic mass is 10.3. The van der Waals surface area contributed by atoms with E-state index in [0.717, 1.165) is 6.07 Å². The molecule has 90 valence electrons. The number of aromatic amines is 1. The Morgan fingerprint density at radius 1 is 1.50 bits per heavy atom. The molecular formula is C8H7BrF3NO3. The van der Waals surface area contributed by atoms with Crippen molar-refractivity contribution < 1.29 is 22.6 Å². The summed E-state index contributed by atoms with van der Waals surface area (Å²) in [6.07, 6.45) is -4.90. The molecule has 1 heterocycles. The maximum atomic E-state index is 12.0. The topological polar surface area (TPSA) is 51.3 Å². The van der Waals surface area contributed by atoms with Gasteiger partial charge in [0.2, 0.25) is 5.43 Å². The molecule has 0 spiro atoms. The van der Waals surface area contributed by atoms with Crippen molar-refractivity contribution in [3.8, 4) is 11.6 Å². The molecule has 4 nitrogen and oxygen atoms in total. The summed E-state index contributed by atoms with van der Waals surface area (Å²) in [5.41, 5.74) is -0.941. The molecule has 0 atom stereocenters. The zero-order chi connectivity index (χ0) is 12.3. The molecule has 0 saturated heterocycles. The van der Waals surface area contributed by atoms with Gasteiger partial charge in [-0.1, -0.05) is 15.9 Å². The fraction of sp³-hybridized carbons (Fsp3) is 0.375. The Morgan fingerprint density at radius 2 is 2.12 bits per heavy atom. The molecule has 0 unspecified atom stereocenters. The molecule has 1 aromatic rings. The van der Waals surface area contributed by atoms with Gasteiger partial charge in [-0.05, 0) is 0 Å². The lowest BCUT2D eigenvalue weighted by Crippen LogP contribution is -2.23. The molecule has 8 heteroatoms. The summed E-state index contributed by atoms with van der Waals surface area (Å²) in [6.45, 7) is 0. The number of pyridine rings is 1. The highest BCUT2D eigenvalue weighted by Gasteiger charge is 2.33. The minimum absolute atomic E-state index is 0.00481. The van der Waals surface area contributed by atoms with Crippen LogP contribution in [-0.2, 0) is 5.33 Å². The van der Waals surface area contributed by atoms with Crippen LogP contribution in [-0.4, -0.2) is 18.5 Å². The first kappa shape index (κ1) is 12.9. The number of alkyl halides is 4. The van der Waals surface area contributed by atoms with Gasteiger partial charge in [0, 0.05) is 11.4 Å². The number of methoxy groups -OCH3 is 1. The minimum Gasteiger partial charge on any atom is -0.482 e. The molecule has 0 bridgehead atoms. The number of H-pyrrole nitrogens is 1. The van der Waals surface area contributed by atoms with Crippen LogP contribution in [0.3, 0.4) is 0 Å². The summed E-state index contributed by atoms with van der Waals surface area (Å²) >= 11 is 2.94. The maximum absolute atomic E-state index is 12.0. The van der Waals surface area contributed by atoms with Crippen LogP contribution in [0.25, 0.3) is 0 Å². The van der Waals surface area contributed by atoms with E-state index < -0.39 is 17.5 Å². The standard InChI is InChI=1S/C8H7BrF3NO3/c1-15-6-2-5(14)7(4(3-9)13-6)16-8(10,11)12/h2H,3H2,1H3,(H,13,14). The van der Waals surface area contributed by atoms with Gasteiger partial charge in [-0.3, -0.25) is 4.79 Å². The highest BCUT2D eigenvalue weighted by molar-refractivity contribution is 9.08. The summed E-state index contributed by atoms with van der Waals surface area (Å²) in [6, 6.07) is 0.882. The maximum Gasteiger partial charge on any atom is 0.573 e. The first-order valence-corrected chi connectivity index (χ1v) is 5.11. The highest BCUT2D eigenvalue weighted by atomic mass is 79.9. The van der Waals surface area contributed by atoms with Crippen molar-refractivity contribution >= 4 is 15.9 Å². The Hall–Kier alpha value is -1.18. The van der Waals surface area contributed by atoms with E-state index in [0.29, 0.717) is 0 Å². The molecule has 0 fully saturated rings. The van der Waals surface area contributed by atoms with Gasteiger partial charge in [0.25, 0.3) is 0 Å². The Morgan fingerprint density at radius 3 is 2.56 bits per heavy atom. The summed E-state index contributed by atoms with van der Waals surface area (Å²) < 4.78 is 44.3. The van der Waals surface area contributed by atoms with E-state index in [1.54, 1.807) is 0 Å². The second-order valence-electron chi connectivity index (χ2n) is 2.69. The Labute approximate surface area is 96.5 Å². The van der Waals surface area contributed by atoms with Crippen molar-refractivity contribution in [1.29, 1.82) is 0 Å². The Balaban J connectivity index is 3.22. The van der Waals surface area contributed by atoms with Gasteiger partial charge in [0.15, 0.2) is 11.6 Å². The fourth-order valence-corrected chi connectivity index (χ4v) is 1.40. The van der Waals surface area contributed by atoms with Gasteiger partial charge in [-0.15, -0.1) is 13.2 Å². The van der Waals surface area contributed by atoms with Crippen LogP contribution < -0.4 is 14.9 Å². The van der Waals surface area contributed by atoms with Crippen molar-refractivity contribution in [2.45, 2.75) is 11.7 Å². The van der Waals surface area contributed by atoms with E-state index in [1.807, 2.05) is 0 Å². The van der Waals surface area contributed by atoms with E-state index in [4.69, 9.17) is 4.74 Å². The highest BCUT2D eigenvalue weighted by Crippen LogP contribution is 2.24. The summed E-state index contributed by atoms with van der Waals surface area (Å²) in [7, 11) is 1.29. The number of aromatic nitrogens is 1. The zero-order valence-electron chi connectivity index (χ0n) is 8.02. The average Bonchev–Trinajstić information content (AvgIpc) is 2.19. The van der Waals surface area contributed by atoms with Crippen LogP contribution in [0.5, 0.6) is 11.6 Å². The summed E-state index contributed by atoms with van der Waals surface area (Å²) in [5.74, 6) is -0.723. The first-order chi connectivity index (χ1) is 7.37. The van der Waals surface area contributed by atoms with Gasteiger partial charge in [0.1, 0.15) is 0 Å². The summed E-state index contributed by atoms with van der Waals surface area (Å²) in [5, 5.41) is 0.00481. The third-order valence-electron chi connectivity index (χ3n) is 1.61. The van der Waals surface area contributed by atoms with Crippen LogP contribution in [0.1, 0.15) is 5.69 Å². The van der Waals surface area contributed by atoms with Gasteiger partial charge >= 0.3 is 6.36 Å². The SMILES string of the molecule is COc1cc(=O)c(OC(F)(F)F)c(CBr)[nH]1. The van der Waals surface area contributed by atoms with Crippen molar-refractivity contribution in [2.75, 3.05) is 7.11 Å². The Bertz CT molecular complexity index is 430. The van der Waals surface area contributed by atoms with Crippen molar-refractivity contribution in [3.05, 3.63) is 22.0 Å². The molecule has 0 amide bonds. The van der Waals surface area contributed by atoms with Crippen LogP contribution in [0.4, 0.5) is 13.2 Å². The molecule has 1 aromatic heterocycles. The number of nitrogens with one attached hydrogen (secondary N) is 1. The number of halogens is 4. The quantitative estimate of drug-likeness (QED) is 0.871. The first-order valence-electron chi connectivity index (χ1n) is 3.99. The van der Waals surface area contributed by atoms with Crippen LogP contribution in [0.15, 0.2) is 10.9 Å². The van der Waals surface area contributed by atoms with E-state index in [2.05, 4.69) is 25.7 Å². The predicted molar refractivity (Wildman–Crippen MR) is 52.9 cm³/mol. The predicted octanol–water partition coefficient (Wildman–Crippen LogP) is 2.18. The van der Waals surface area contributed by atoms with Crippen molar-refractivity contribution in [3.63, 3.8) is 0 Å². The van der Waals surface area contributed by atoms with Gasteiger partial charge in [-0.2, -0.15) is 0 Å². The lowest BCUT2D eigenvalue weighted by Gasteiger charge is -2.12. The van der Waals surface area contributed by atoms with E-state index in [1.165, 1.54) is 7.11 Å². The smallest absolute Gasteiger partial charge is 0.482 e. The average molecular weight is 302 g/mol. The largest absolute Gasteiger partial charge is 0.573 e. The molecule has 0 aliphatic carbocycles. The fourth-order valence-electron chi connectivity index (χ4n) is 1.01. The van der Waals surface area contributed by atoms with Gasteiger partial charge in [-0.25, -0.2) is 0 Å². The molecule has 0 aromatic carbocycles. The molecule has 16 heavy (non-hydrogen) atoms. The number of hydrogen-bond donors (Lipinski definition) is 1. The minimum atomic E-state index is -4.90. The molecular weight excluding hydrogens is 295 g/mol. The Kier molecular flexibility index (Phi) is 3.84. The van der Waals surface area contributed by atoms with Crippen LogP contribution >= 0.6 is 15.9 Å². The van der Waals surface area contributed by atoms with E-state index in [9.17, 15) is 18.0 Å². The third-order valence-corrected chi connectivity index (χ3v) is 2.17. The second-order valence-corrected chi connectivity index (χ2v) is 3.25. The van der Waals surface area contributed by atoms with Crippen LogP contribution in [0.2, 0.25) is 0 Å². The number of ether oxygens (including phenoxy) is 2. The zero-order valence-corrected chi connectivity index (χ0v) is 9.61. The van der Waals surface area contributed by atoms with Crippen molar-refractivity contribution in [2.24, 2.45) is 0 Å².